The van der Waals surface area contributed by atoms with Crippen LogP contribution in [0.25, 0.3) is 11.1 Å². The molecule has 1 heterocycles. The van der Waals surface area contributed by atoms with Gasteiger partial charge in [0.1, 0.15) is 0 Å². The van der Waals surface area contributed by atoms with E-state index in [1.54, 1.807) is 6.07 Å². The van der Waals surface area contributed by atoms with Gasteiger partial charge in [0.05, 0.1) is 10.9 Å². The van der Waals surface area contributed by atoms with Gasteiger partial charge < -0.3 is 20.4 Å². The van der Waals surface area contributed by atoms with Crippen LogP contribution in [0, 0.1) is 5.41 Å². The first-order chi connectivity index (χ1) is 11.0. The summed E-state index contributed by atoms with van der Waals surface area (Å²) in [6, 6.07) is 7.25. The molecule has 0 aliphatic rings. The summed E-state index contributed by atoms with van der Waals surface area (Å²) in [6.07, 6.45) is 0. The highest BCUT2D eigenvalue weighted by atomic mass is 16.4. The molecule has 23 heavy (non-hydrogen) atoms. The third-order valence-electron chi connectivity index (χ3n) is 3.88. The molecule has 1 amide bonds. The lowest BCUT2D eigenvalue weighted by molar-refractivity contribution is -0.129. The van der Waals surface area contributed by atoms with Crippen LogP contribution in [0.2, 0.25) is 0 Å². The number of nitrogens with zero attached hydrogens (tertiary/aromatic N) is 1. The number of amides is 1. The molecular weight excluding hydrogens is 296 g/mol. The van der Waals surface area contributed by atoms with E-state index in [0.29, 0.717) is 31.8 Å². The third-order valence-corrected chi connectivity index (χ3v) is 3.88. The molecule has 0 aliphatic carbocycles. The predicted molar refractivity (Wildman–Crippen MR) is 89.4 cm³/mol. The number of hydrogen-bond donors (Lipinski definition) is 3. The van der Waals surface area contributed by atoms with E-state index in [9.17, 15) is 9.59 Å². The number of hydrogen-bond acceptors (Lipinski definition) is 5. The second kappa shape index (κ2) is 7.43. The Labute approximate surface area is 135 Å². The van der Waals surface area contributed by atoms with Gasteiger partial charge in [-0.2, -0.15) is 0 Å². The zero-order valence-electron chi connectivity index (χ0n) is 13.8. The number of nitrogens with one attached hydrogen (secondary N) is 3. The zero-order valence-corrected chi connectivity index (χ0v) is 13.8. The van der Waals surface area contributed by atoms with Gasteiger partial charge in [-0.3, -0.25) is 9.36 Å². The number of para-hydroxylation sites is 2. The van der Waals surface area contributed by atoms with Crippen molar-refractivity contribution in [1.82, 2.24) is 20.5 Å². The topological polar surface area (TPSA) is 88.3 Å². The summed E-state index contributed by atoms with van der Waals surface area (Å²) in [6.45, 7) is 3.76. The van der Waals surface area contributed by atoms with Crippen LogP contribution >= 0.6 is 0 Å². The van der Waals surface area contributed by atoms with Crippen LogP contribution in [-0.2, 0) is 11.3 Å². The predicted octanol–water partition coefficient (Wildman–Crippen LogP) is 0.156. The molecule has 0 radical (unpaired) electrons. The molecule has 0 spiro atoms. The first-order valence-corrected chi connectivity index (χ1v) is 7.68. The maximum Gasteiger partial charge on any atom is 0.420 e. The van der Waals surface area contributed by atoms with Crippen molar-refractivity contribution in [1.29, 1.82) is 0 Å². The summed E-state index contributed by atoms with van der Waals surface area (Å²) < 4.78 is 6.71. The molecule has 1 aromatic heterocycles. The van der Waals surface area contributed by atoms with Crippen LogP contribution in [0.1, 0.15) is 6.92 Å². The molecule has 3 N–H and O–H groups in total. The van der Waals surface area contributed by atoms with Gasteiger partial charge >= 0.3 is 5.76 Å². The highest BCUT2D eigenvalue weighted by Crippen LogP contribution is 2.14. The fourth-order valence-corrected chi connectivity index (χ4v) is 2.72. The third kappa shape index (κ3) is 3.80. The van der Waals surface area contributed by atoms with E-state index in [4.69, 9.17) is 4.42 Å². The first-order valence-electron chi connectivity index (χ1n) is 7.68. The highest BCUT2D eigenvalue weighted by molar-refractivity contribution is 5.82. The summed E-state index contributed by atoms with van der Waals surface area (Å²) in [5, 5.41) is 8.98. The van der Waals surface area contributed by atoms with Crippen LogP contribution in [0.5, 0.6) is 0 Å². The minimum Gasteiger partial charge on any atom is -0.408 e. The lowest BCUT2D eigenvalue weighted by atomic mass is 9.89. The Morgan fingerprint density at radius 1 is 1.22 bits per heavy atom. The molecule has 7 heteroatoms. The Bertz CT molecular complexity index is 713. The monoisotopic (exact) mass is 320 g/mol. The Morgan fingerprint density at radius 2 is 1.87 bits per heavy atom. The van der Waals surface area contributed by atoms with Crippen LogP contribution in [0.3, 0.4) is 0 Å². The smallest absolute Gasteiger partial charge is 0.408 e. The van der Waals surface area contributed by atoms with Crippen molar-refractivity contribution in [2.75, 3.05) is 33.7 Å². The van der Waals surface area contributed by atoms with Crippen molar-refractivity contribution in [3.05, 3.63) is 34.8 Å². The van der Waals surface area contributed by atoms with Gasteiger partial charge in [-0.15, -0.1) is 0 Å². The van der Waals surface area contributed by atoms with Crippen LogP contribution in [0.4, 0.5) is 0 Å². The van der Waals surface area contributed by atoms with E-state index >= 15 is 0 Å². The average Bonchev–Trinajstić information content (AvgIpc) is 2.83. The van der Waals surface area contributed by atoms with Crippen LogP contribution in [0.15, 0.2) is 33.5 Å². The molecule has 0 saturated carbocycles. The SMILES string of the molecule is CNCC(C)(CNC)C(=O)NCCn1c(=O)oc2ccccc21. The molecule has 126 valence electrons. The largest absolute Gasteiger partial charge is 0.420 e. The number of carbonyl (C=O) groups is 1. The van der Waals surface area contributed by atoms with E-state index in [-0.39, 0.29) is 5.91 Å². The quantitative estimate of drug-likeness (QED) is 0.645. The first kappa shape index (κ1) is 17.2. The Hall–Kier alpha value is -2.12. The van der Waals surface area contributed by atoms with Gasteiger partial charge in [-0.25, -0.2) is 4.79 Å². The molecule has 2 rings (SSSR count). The fourth-order valence-electron chi connectivity index (χ4n) is 2.72. The second-order valence-electron chi connectivity index (χ2n) is 5.86. The lowest BCUT2D eigenvalue weighted by Gasteiger charge is -2.27. The van der Waals surface area contributed by atoms with Gasteiger partial charge in [-0.1, -0.05) is 12.1 Å². The summed E-state index contributed by atoms with van der Waals surface area (Å²) in [7, 11) is 3.64. The fraction of sp³-hybridized carbons (Fsp3) is 0.500. The van der Waals surface area contributed by atoms with Crippen LogP contribution < -0.4 is 21.7 Å². The molecule has 0 saturated heterocycles. The van der Waals surface area contributed by atoms with Crippen LogP contribution in [-0.4, -0.2) is 44.2 Å². The van der Waals surface area contributed by atoms with Gasteiger partial charge in [0, 0.05) is 26.2 Å². The summed E-state index contributed by atoms with van der Waals surface area (Å²) >= 11 is 0. The van der Waals surface area contributed by atoms with Gasteiger partial charge in [0.2, 0.25) is 5.91 Å². The van der Waals surface area contributed by atoms with E-state index in [1.807, 2.05) is 39.2 Å². The summed E-state index contributed by atoms with van der Waals surface area (Å²) in [5.74, 6) is -0.462. The van der Waals surface area contributed by atoms with Crippen molar-refractivity contribution in [2.45, 2.75) is 13.5 Å². The molecular formula is C16H24N4O3. The number of fused-ring (bicyclic) bond motifs is 1. The van der Waals surface area contributed by atoms with Crippen molar-refractivity contribution in [2.24, 2.45) is 5.41 Å². The standard InChI is InChI=1S/C16H24N4O3/c1-16(10-17-2,11-18-3)14(21)19-8-9-20-12-6-4-5-7-13(12)23-15(20)22/h4-7,17-18H,8-11H2,1-3H3,(H,19,21). The van der Waals surface area contributed by atoms with Crippen molar-refractivity contribution in [3.63, 3.8) is 0 Å². The van der Waals surface area contributed by atoms with Crippen molar-refractivity contribution in [3.8, 4) is 0 Å². The molecule has 2 aromatic rings. The van der Waals surface area contributed by atoms with Crippen molar-refractivity contribution < 1.29 is 9.21 Å². The normalized spacial score (nSPS) is 11.8. The molecule has 0 fully saturated rings. The number of rotatable bonds is 8. The second-order valence-corrected chi connectivity index (χ2v) is 5.86. The molecule has 0 bridgehead atoms. The molecule has 0 unspecified atom stereocenters. The number of carbonyl (C=O) groups excluding carboxylic acids is 1. The summed E-state index contributed by atoms with van der Waals surface area (Å²) in [5.41, 5.74) is 0.742. The number of oxazole rings is 1. The Morgan fingerprint density at radius 3 is 2.52 bits per heavy atom. The molecule has 1 aromatic carbocycles. The summed E-state index contributed by atoms with van der Waals surface area (Å²) in [4.78, 5) is 24.3. The number of benzene rings is 1. The zero-order chi connectivity index (χ0) is 16.9. The molecule has 0 aliphatic heterocycles. The lowest BCUT2D eigenvalue weighted by Crippen LogP contribution is -2.50. The number of aromatic nitrogens is 1. The van der Waals surface area contributed by atoms with Crippen molar-refractivity contribution >= 4 is 17.0 Å². The maximum atomic E-state index is 12.4. The minimum atomic E-state index is -0.549. The van der Waals surface area contributed by atoms with E-state index < -0.39 is 11.2 Å². The Balaban J connectivity index is 2.02. The molecule has 0 atom stereocenters. The van der Waals surface area contributed by atoms with Gasteiger partial charge in [0.25, 0.3) is 0 Å². The minimum absolute atomic E-state index is 0.0537. The van der Waals surface area contributed by atoms with E-state index in [0.717, 1.165) is 5.52 Å². The van der Waals surface area contributed by atoms with E-state index in [1.165, 1.54) is 4.57 Å². The van der Waals surface area contributed by atoms with Gasteiger partial charge in [0.15, 0.2) is 5.58 Å². The highest BCUT2D eigenvalue weighted by Gasteiger charge is 2.31. The average molecular weight is 320 g/mol. The molecule has 7 nitrogen and oxygen atoms in total. The Kier molecular flexibility index (Phi) is 5.57. The maximum absolute atomic E-state index is 12.4. The van der Waals surface area contributed by atoms with E-state index in [2.05, 4.69) is 16.0 Å². The van der Waals surface area contributed by atoms with Gasteiger partial charge in [-0.05, 0) is 33.2 Å².